The molecule has 0 spiro atoms. The predicted molar refractivity (Wildman–Crippen MR) is 99.5 cm³/mol. The van der Waals surface area contributed by atoms with Crippen LogP contribution in [-0.2, 0) is 7.05 Å². The molecule has 5 atom stereocenters. The number of allylic oxidation sites excluding steroid dienone is 3. The van der Waals surface area contributed by atoms with Crippen molar-refractivity contribution >= 4 is 17.5 Å². The molecule has 4 rings (SSSR count). The third kappa shape index (κ3) is 2.84. The zero-order valence-electron chi connectivity index (χ0n) is 15.5. The second-order valence-corrected chi connectivity index (χ2v) is 8.44. The minimum absolute atomic E-state index is 0.0366. The summed E-state index contributed by atoms with van der Waals surface area (Å²) in [4.78, 5) is 13.1. The highest BCUT2D eigenvalue weighted by Crippen LogP contribution is 2.62. The van der Waals surface area contributed by atoms with Gasteiger partial charge in [0.05, 0.1) is 11.1 Å². The van der Waals surface area contributed by atoms with Crippen molar-refractivity contribution < 1.29 is 13.6 Å². The molecule has 146 valence electrons. The maximum atomic E-state index is 13.3. The summed E-state index contributed by atoms with van der Waals surface area (Å²) in [6.45, 7) is 2.14. The van der Waals surface area contributed by atoms with Crippen molar-refractivity contribution in [3.8, 4) is 0 Å². The lowest BCUT2D eigenvalue weighted by Crippen LogP contribution is -2.54. The van der Waals surface area contributed by atoms with Crippen LogP contribution in [-0.4, -0.2) is 21.2 Å². The Morgan fingerprint density at radius 3 is 3.00 bits per heavy atom. The quantitative estimate of drug-likeness (QED) is 0.792. The monoisotopic (exact) mass is 395 g/mol. The number of hydrogen-bond acceptors (Lipinski definition) is 2. The van der Waals surface area contributed by atoms with Gasteiger partial charge in [-0.25, -0.2) is 8.78 Å². The number of nitrogens with one attached hydrogen (secondary N) is 1. The summed E-state index contributed by atoms with van der Waals surface area (Å²) < 4.78 is 27.9. The third-order valence-corrected chi connectivity index (χ3v) is 6.90. The maximum Gasteiger partial charge on any atom is 0.282 e. The fourth-order valence-electron chi connectivity index (χ4n) is 5.75. The van der Waals surface area contributed by atoms with Gasteiger partial charge >= 0.3 is 0 Å². The summed E-state index contributed by atoms with van der Waals surface area (Å²) in [5, 5.41) is 7.66. The van der Waals surface area contributed by atoms with Crippen LogP contribution in [0, 0.1) is 23.7 Å². The third-order valence-electron chi connectivity index (χ3n) is 6.64. The van der Waals surface area contributed by atoms with Crippen LogP contribution in [0.3, 0.4) is 0 Å². The number of halogens is 3. The molecule has 0 radical (unpaired) electrons. The van der Waals surface area contributed by atoms with Crippen molar-refractivity contribution in [1.29, 1.82) is 0 Å². The number of rotatable bonds is 5. The van der Waals surface area contributed by atoms with E-state index in [0.717, 1.165) is 25.7 Å². The summed E-state index contributed by atoms with van der Waals surface area (Å²) in [6, 6.07) is 0. The zero-order valence-corrected chi connectivity index (χ0v) is 16.2. The maximum absolute atomic E-state index is 13.3. The van der Waals surface area contributed by atoms with Gasteiger partial charge in [-0.15, -0.1) is 0 Å². The van der Waals surface area contributed by atoms with Crippen molar-refractivity contribution in [1.82, 2.24) is 15.1 Å². The molecule has 3 aliphatic rings. The average molecular weight is 396 g/mol. The highest BCUT2D eigenvalue weighted by molar-refractivity contribution is 6.31. The van der Waals surface area contributed by atoms with Crippen LogP contribution in [0.15, 0.2) is 29.5 Å². The van der Waals surface area contributed by atoms with Crippen molar-refractivity contribution in [3.63, 3.8) is 0 Å². The van der Waals surface area contributed by atoms with Gasteiger partial charge in [0.1, 0.15) is 5.69 Å². The molecule has 7 heteroatoms. The molecule has 5 unspecified atom stereocenters. The summed E-state index contributed by atoms with van der Waals surface area (Å²) in [7, 11) is 1.55. The van der Waals surface area contributed by atoms with E-state index in [4.69, 9.17) is 11.6 Å². The van der Waals surface area contributed by atoms with Crippen LogP contribution in [0.5, 0.6) is 0 Å². The Morgan fingerprint density at radius 1 is 1.52 bits per heavy atom. The van der Waals surface area contributed by atoms with E-state index < -0.39 is 23.6 Å². The Morgan fingerprint density at radius 2 is 2.30 bits per heavy atom. The Labute approximate surface area is 162 Å². The summed E-state index contributed by atoms with van der Waals surface area (Å²) in [5.41, 5.74) is -0.923. The second kappa shape index (κ2) is 6.73. The number of hydrogen-bond donors (Lipinski definition) is 1. The SMILES string of the molecule is CCCC1C2CCC1(NC(=O)c1cn(C)nc1C(F)F)C1C=C(Cl)C=CC21. The molecule has 2 bridgehead atoms. The molecule has 4 nitrogen and oxygen atoms in total. The summed E-state index contributed by atoms with van der Waals surface area (Å²) in [5.74, 6) is 0.829. The Hall–Kier alpha value is -1.69. The van der Waals surface area contributed by atoms with E-state index >= 15 is 0 Å². The van der Waals surface area contributed by atoms with E-state index in [-0.39, 0.29) is 11.5 Å². The van der Waals surface area contributed by atoms with Crippen molar-refractivity contribution in [3.05, 3.63) is 40.7 Å². The fourth-order valence-corrected chi connectivity index (χ4v) is 5.96. The molecule has 1 aromatic heterocycles. The number of carbonyl (C=O) groups is 1. The van der Waals surface area contributed by atoms with Gasteiger partial charge in [-0.05, 0) is 43.1 Å². The first-order valence-corrected chi connectivity index (χ1v) is 9.95. The van der Waals surface area contributed by atoms with Gasteiger partial charge < -0.3 is 5.32 Å². The molecule has 1 N–H and O–H groups in total. The lowest BCUT2D eigenvalue weighted by Gasteiger charge is -2.40. The zero-order chi connectivity index (χ0) is 19.3. The topological polar surface area (TPSA) is 46.9 Å². The molecular formula is C20H24ClF2N3O. The molecular weight excluding hydrogens is 372 g/mol. The first-order chi connectivity index (χ1) is 12.9. The molecule has 0 saturated heterocycles. The number of aryl methyl sites for hydroxylation is 1. The molecule has 0 aromatic carbocycles. The van der Waals surface area contributed by atoms with Gasteiger partial charge in [-0.3, -0.25) is 9.48 Å². The fraction of sp³-hybridized carbons (Fsp3) is 0.600. The van der Waals surface area contributed by atoms with Crippen LogP contribution >= 0.6 is 11.6 Å². The van der Waals surface area contributed by atoms with Crippen molar-refractivity contribution in [2.45, 2.75) is 44.6 Å². The van der Waals surface area contributed by atoms with Gasteiger partial charge in [0.25, 0.3) is 12.3 Å². The average Bonchev–Trinajstić information content (AvgIpc) is 3.24. The minimum Gasteiger partial charge on any atom is -0.346 e. The minimum atomic E-state index is -2.78. The normalized spacial score (nSPS) is 34.1. The molecule has 1 aromatic rings. The Balaban J connectivity index is 1.70. The molecule has 2 fully saturated rings. The molecule has 2 saturated carbocycles. The Kier molecular flexibility index (Phi) is 4.65. The van der Waals surface area contributed by atoms with Crippen molar-refractivity contribution in [2.75, 3.05) is 0 Å². The number of nitrogens with zero attached hydrogens (tertiary/aromatic N) is 2. The van der Waals surface area contributed by atoms with Crippen LogP contribution in [0.1, 0.15) is 55.1 Å². The van der Waals surface area contributed by atoms with Crippen LogP contribution in [0.4, 0.5) is 8.78 Å². The number of alkyl halides is 2. The largest absolute Gasteiger partial charge is 0.346 e. The molecule has 3 aliphatic carbocycles. The molecule has 27 heavy (non-hydrogen) atoms. The standard InChI is InChI=1S/C20H24ClF2N3O/c1-3-4-15-13-7-8-20(15,16-9-11(21)5-6-12(13)16)24-19(27)14-10-26(2)25-17(14)18(22)23/h5-6,9-10,12-13,15-16,18H,3-4,7-8H2,1-2H3,(H,24,27). The highest BCUT2D eigenvalue weighted by Gasteiger charge is 2.63. The number of fused-ring (bicyclic) bond motifs is 5. The van der Waals surface area contributed by atoms with E-state index in [1.165, 1.54) is 10.9 Å². The highest BCUT2D eigenvalue weighted by atomic mass is 35.5. The number of aromatic nitrogens is 2. The van der Waals surface area contributed by atoms with Gasteiger partial charge in [0.15, 0.2) is 0 Å². The summed E-state index contributed by atoms with van der Waals surface area (Å²) in [6.07, 6.45) is 8.68. The molecule has 1 amide bonds. The smallest absolute Gasteiger partial charge is 0.282 e. The molecule has 1 heterocycles. The predicted octanol–water partition coefficient (Wildman–Crippen LogP) is 4.59. The second-order valence-electron chi connectivity index (χ2n) is 8.01. The van der Waals surface area contributed by atoms with Crippen molar-refractivity contribution in [2.24, 2.45) is 30.7 Å². The van der Waals surface area contributed by atoms with E-state index in [9.17, 15) is 13.6 Å². The van der Waals surface area contributed by atoms with E-state index in [2.05, 4.69) is 23.4 Å². The number of amides is 1. The lowest BCUT2D eigenvalue weighted by atomic mass is 9.72. The van der Waals surface area contributed by atoms with Gasteiger partial charge in [0, 0.05) is 24.2 Å². The number of carbonyl (C=O) groups excluding carboxylic acids is 1. The molecule has 0 aliphatic heterocycles. The first kappa shape index (κ1) is 18.7. The van der Waals surface area contributed by atoms with Crippen LogP contribution in [0.25, 0.3) is 0 Å². The van der Waals surface area contributed by atoms with E-state index in [1.807, 2.05) is 12.2 Å². The van der Waals surface area contributed by atoms with E-state index in [0.29, 0.717) is 22.8 Å². The summed E-state index contributed by atoms with van der Waals surface area (Å²) >= 11 is 6.28. The van der Waals surface area contributed by atoms with Crippen LogP contribution < -0.4 is 5.32 Å². The first-order valence-electron chi connectivity index (χ1n) is 9.57. The van der Waals surface area contributed by atoms with Gasteiger partial charge in [-0.2, -0.15) is 5.10 Å². The van der Waals surface area contributed by atoms with E-state index in [1.54, 1.807) is 7.05 Å². The lowest BCUT2D eigenvalue weighted by molar-refractivity contribution is 0.0829. The Bertz CT molecular complexity index is 818. The van der Waals surface area contributed by atoms with Gasteiger partial charge in [-0.1, -0.05) is 37.1 Å². The van der Waals surface area contributed by atoms with Crippen LogP contribution in [0.2, 0.25) is 0 Å². The van der Waals surface area contributed by atoms with Gasteiger partial charge in [0.2, 0.25) is 0 Å².